The van der Waals surface area contributed by atoms with Gasteiger partial charge in [0.2, 0.25) is 0 Å². The first-order valence-electron chi connectivity index (χ1n) is 4.03. The van der Waals surface area contributed by atoms with Crippen molar-refractivity contribution in [3.05, 3.63) is 17.6 Å². The number of nitrogens with one attached hydrogen (secondary N) is 1. The molecule has 0 radical (unpaired) electrons. The van der Waals surface area contributed by atoms with E-state index in [1.54, 1.807) is 6.92 Å². The summed E-state index contributed by atoms with van der Waals surface area (Å²) in [6.07, 6.45) is 6.16. The van der Waals surface area contributed by atoms with Crippen LogP contribution in [-0.2, 0) is 4.84 Å². The number of anilines is 1. The zero-order valence-corrected chi connectivity index (χ0v) is 8.02. The molecule has 0 spiro atoms. The van der Waals surface area contributed by atoms with Crippen LogP contribution in [0.25, 0.3) is 0 Å². The third-order valence-electron chi connectivity index (χ3n) is 1.46. The Bertz CT molecular complexity index is 412. The Morgan fingerprint density at radius 3 is 3.13 bits per heavy atom. The van der Waals surface area contributed by atoms with Crippen LogP contribution in [0.3, 0.4) is 0 Å². The van der Waals surface area contributed by atoms with E-state index in [1.165, 1.54) is 6.20 Å². The van der Waals surface area contributed by atoms with Gasteiger partial charge in [-0.25, -0.2) is 20.2 Å². The SMILES string of the molecule is C#CCONc1nc(C)ncc1C(=O)O. The van der Waals surface area contributed by atoms with Crippen molar-refractivity contribution in [3.8, 4) is 12.3 Å². The minimum absolute atomic E-state index is 0.0160. The van der Waals surface area contributed by atoms with E-state index in [1.807, 2.05) is 0 Å². The van der Waals surface area contributed by atoms with Crippen LogP contribution in [0.1, 0.15) is 16.2 Å². The molecular formula is C9H9N3O3. The molecule has 0 unspecified atom stereocenters. The second-order valence-corrected chi connectivity index (χ2v) is 2.58. The van der Waals surface area contributed by atoms with Gasteiger partial charge in [0.25, 0.3) is 0 Å². The molecule has 1 heterocycles. The Hall–Kier alpha value is -2.13. The Morgan fingerprint density at radius 1 is 1.80 bits per heavy atom. The summed E-state index contributed by atoms with van der Waals surface area (Å²) in [6.45, 7) is 1.65. The molecule has 1 aromatic heterocycles. The molecule has 0 amide bonds. The van der Waals surface area contributed by atoms with Crippen molar-refractivity contribution >= 4 is 11.8 Å². The summed E-state index contributed by atoms with van der Waals surface area (Å²) in [7, 11) is 0. The van der Waals surface area contributed by atoms with E-state index >= 15 is 0 Å². The predicted octanol–water partition coefficient (Wildman–Crippen LogP) is 0.460. The van der Waals surface area contributed by atoms with Crippen molar-refractivity contribution in [2.24, 2.45) is 0 Å². The fourth-order valence-corrected chi connectivity index (χ4v) is 0.850. The molecule has 0 aliphatic rings. The van der Waals surface area contributed by atoms with Gasteiger partial charge in [0.15, 0.2) is 5.82 Å². The van der Waals surface area contributed by atoms with Crippen LogP contribution in [0.2, 0.25) is 0 Å². The first-order valence-corrected chi connectivity index (χ1v) is 4.03. The molecule has 0 saturated heterocycles. The highest BCUT2D eigenvalue weighted by atomic mass is 16.6. The molecule has 0 aliphatic carbocycles. The van der Waals surface area contributed by atoms with Gasteiger partial charge in [-0.05, 0) is 6.92 Å². The maximum absolute atomic E-state index is 10.7. The Morgan fingerprint density at radius 2 is 2.53 bits per heavy atom. The minimum atomic E-state index is -1.14. The molecule has 0 aliphatic heterocycles. The second-order valence-electron chi connectivity index (χ2n) is 2.58. The summed E-state index contributed by atoms with van der Waals surface area (Å²) in [6, 6.07) is 0. The fraction of sp³-hybridized carbons (Fsp3) is 0.222. The number of aromatic carboxylic acids is 1. The van der Waals surface area contributed by atoms with Gasteiger partial charge >= 0.3 is 5.97 Å². The van der Waals surface area contributed by atoms with E-state index < -0.39 is 5.97 Å². The Balaban J connectivity index is 2.88. The standard InChI is InChI=1S/C9H9N3O3/c1-3-4-15-12-8-7(9(13)14)5-10-6(2)11-8/h1,5H,4H2,2H3,(H,13,14)(H,10,11,12). The summed E-state index contributed by atoms with van der Waals surface area (Å²) in [5, 5.41) is 8.80. The number of carboxylic acids is 1. The molecule has 15 heavy (non-hydrogen) atoms. The highest BCUT2D eigenvalue weighted by Gasteiger charge is 2.12. The number of hydrogen-bond acceptors (Lipinski definition) is 5. The van der Waals surface area contributed by atoms with Crippen LogP contribution in [0.15, 0.2) is 6.20 Å². The summed E-state index contributed by atoms with van der Waals surface area (Å²) in [5.41, 5.74) is 2.29. The molecule has 2 N–H and O–H groups in total. The van der Waals surface area contributed by atoms with Crippen LogP contribution < -0.4 is 5.48 Å². The smallest absolute Gasteiger partial charge is 0.341 e. The molecule has 0 aromatic carbocycles. The zero-order valence-electron chi connectivity index (χ0n) is 8.02. The molecule has 6 heteroatoms. The quantitative estimate of drug-likeness (QED) is 0.424. The van der Waals surface area contributed by atoms with Gasteiger partial charge in [-0.3, -0.25) is 4.84 Å². The van der Waals surface area contributed by atoms with Gasteiger partial charge in [0, 0.05) is 6.20 Å². The van der Waals surface area contributed by atoms with E-state index in [0.717, 1.165) is 0 Å². The second kappa shape index (κ2) is 4.93. The third kappa shape index (κ3) is 2.93. The molecule has 0 atom stereocenters. The van der Waals surface area contributed by atoms with Crippen LogP contribution in [-0.4, -0.2) is 27.7 Å². The van der Waals surface area contributed by atoms with Crippen molar-refractivity contribution in [1.82, 2.24) is 9.97 Å². The number of aryl methyl sites for hydroxylation is 1. The highest BCUT2D eigenvalue weighted by molar-refractivity contribution is 5.92. The van der Waals surface area contributed by atoms with E-state index in [-0.39, 0.29) is 18.0 Å². The van der Waals surface area contributed by atoms with Crippen LogP contribution in [0, 0.1) is 19.3 Å². The lowest BCUT2D eigenvalue weighted by atomic mass is 10.3. The average molecular weight is 207 g/mol. The number of terminal acetylenes is 1. The van der Waals surface area contributed by atoms with Crippen molar-refractivity contribution < 1.29 is 14.7 Å². The lowest BCUT2D eigenvalue weighted by Gasteiger charge is -2.06. The van der Waals surface area contributed by atoms with Crippen molar-refractivity contribution in [2.45, 2.75) is 6.92 Å². The summed E-state index contributed by atoms with van der Waals surface area (Å²) in [4.78, 5) is 23.2. The molecular weight excluding hydrogens is 198 g/mol. The monoisotopic (exact) mass is 207 g/mol. The normalized spacial score (nSPS) is 9.33. The Kier molecular flexibility index (Phi) is 3.60. The average Bonchev–Trinajstić information content (AvgIpc) is 2.18. The van der Waals surface area contributed by atoms with Gasteiger partial charge in [-0.2, -0.15) is 0 Å². The summed E-state index contributed by atoms with van der Waals surface area (Å²) < 4.78 is 0. The highest BCUT2D eigenvalue weighted by Crippen LogP contribution is 2.11. The first kappa shape index (κ1) is 10.9. The lowest BCUT2D eigenvalue weighted by molar-refractivity contribution is 0.0695. The van der Waals surface area contributed by atoms with E-state index in [9.17, 15) is 4.79 Å². The van der Waals surface area contributed by atoms with Crippen LogP contribution in [0.5, 0.6) is 0 Å². The summed E-state index contributed by atoms with van der Waals surface area (Å²) >= 11 is 0. The van der Waals surface area contributed by atoms with E-state index in [4.69, 9.17) is 16.4 Å². The van der Waals surface area contributed by atoms with Gasteiger partial charge in [0.05, 0.1) is 0 Å². The number of aromatic nitrogens is 2. The zero-order chi connectivity index (χ0) is 11.3. The van der Waals surface area contributed by atoms with Gasteiger partial charge in [0.1, 0.15) is 18.0 Å². The van der Waals surface area contributed by atoms with Crippen LogP contribution >= 0.6 is 0 Å². The maximum atomic E-state index is 10.7. The van der Waals surface area contributed by atoms with E-state index in [2.05, 4.69) is 21.4 Å². The Labute approximate surface area is 86.3 Å². The first-order chi connectivity index (χ1) is 7.15. The number of carboxylic acid groups (broad SMARTS) is 1. The molecule has 0 fully saturated rings. The molecule has 78 valence electrons. The minimum Gasteiger partial charge on any atom is -0.477 e. The molecule has 0 saturated carbocycles. The van der Waals surface area contributed by atoms with Gasteiger partial charge < -0.3 is 5.11 Å². The van der Waals surface area contributed by atoms with E-state index in [0.29, 0.717) is 5.82 Å². The molecule has 1 aromatic rings. The van der Waals surface area contributed by atoms with Gasteiger partial charge in [-0.1, -0.05) is 5.92 Å². The number of rotatable bonds is 4. The molecule has 1 rings (SSSR count). The van der Waals surface area contributed by atoms with Gasteiger partial charge in [-0.15, -0.1) is 6.42 Å². The lowest BCUT2D eigenvalue weighted by Crippen LogP contribution is -2.11. The summed E-state index contributed by atoms with van der Waals surface area (Å²) in [5.74, 6) is 1.61. The van der Waals surface area contributed by atoms with Crippen molar-refractivity contribution in [3.63, 3.8) is 0 Å². The van der Waals surface area contributed by atoms with Crippen molar-refractivity contribution in [1.29, 1.82) is 0 Å². The maximum Gasteiger partial charge on any atom is 0.341 e. The number of nitrogens with zero attached hydrogens (tertiary/aromatic N) is 2. The van der Waals surface area contributed by atoms with Crippen LogP contribution in [0.4, 0.5) is 5.82 Å². The predicted molar refractivity (Wildman–Crippen MR) is 52.1 cm³/mol. The number of carbonyl (C=O) groups is 1. The number of hydrogen-bond donors (Lipinski definition) is 2. The topological polar surface area (TPSA) is 84.3 Å². The van der Waals surface area contributed by atoms with Crippen molar-refractivity contribution in [2.75, 3.05) is 12.1 Å². The third-order valence-corrected chi connectivity index (χ3v) is 1.46. The molecule has 6 nitrogen and oxygen atoms in total. The largest absolute Gasteiger partial charge is 0.477 e. The fourth-order valence-electron chi connectivity index (χ4n) is 0.850. The molecule has 0 bridgehead atoms.